The number of aliphatic carboxylic acids is 2. The molecule has 1 atom stereocenters. The Morgan fingerprint density at radius 1 is 0.981 bits per heavy atom. The number of benzene rings is 2. The fourth-order valence-corrected chi connectivity index (χ4v) is 6.21. The summed E-state index contributed by atoms with van der Waals surface area (Å²) in [5.41, 5.74) is 7.08. The van der Waals surface area contributed by atoms with Crippen LogP contribution in [0.1, 0.15) is 24.8 Å². The van der Waals surface area contributed by atoms with Crippen LogP contribution < -0.4 is 20.7 Å². The largest absolute Gasteiger partial charge is 0.481 e. The highest BCUT2D eigenvalue weighted by molar-refractivity contribution is 7.22. The molecule has 1 aliphatic rings. The van der Waals surface area contributed by atoms with Crippen LogP contribution in [-0.4, -0.2) is 75.4 Å². The van der Waals surface area contributed by atoms with Crippen molar-refractivity contribution in [3.8, 4) is 22.1 Å². The average molecular weight is 764 g/mol. The second-order valence-electron chi connectivity index (χ2n) is 12.1. The van der Waals surface area contributed by atoms with Crippen molar-refractivity contribution in [2.24, 2.45) is 11.1 Å². The van der Waals surface area contributed by atoms with Gasteiger partial charge in [-0.2, -0.15) is 0 Å². The fourth-order valence-electron chi connectivity index (χ4n) is 5.16. The molecule has 3 aromatic heterocycles. The van der Waals surface area contributed by atoms with E-state index in [1.165, 1.54) is 52.6 Å². The first kappa shape index (κ1) is 39.3. The first-order valence-electron chi connectivity index (χ1n) is 16.4. The number of hydrogen-bond donors (Lipinski definition) is 5. The molecule has 0 radical (unpaired) electrons. The Bertz CT molecular complexity index is 2140. The van der Waals surface area contributed by atoms with E-state index in [4.69, 9.17) is 30.5 Å². The van der Waals surface area contributed by atoms with Gasteiger partial charge in [0.25, 0.3) is 0 Å². The number of aliphatic hydroxyl groups is 1. The average Bonchev–Trinajstić information content (AvgIpc) is 3.85. The zero-order chi connectivity index (χ0) is 39.0. The van der Waals surface area contributed by atoms with Crippen molar-refractivity contribution in [2.75, 3.05) is 25.2 Å². The molecule has 1 fully saturated rings. The van der Waals surface area contributed by atoms with Crippen molar-refractivity contribution in [1.29, 1.82) is 0 Å². The normalized spacial score (nSPS) is 13.3. The highest BCUT2D eigenvalue weighted by Gasteiger charge is 2.57. The SMILES string of the molecule is COCCNCc1ccc(-c2cc3nccc(Oc4ccc(N(C(=O)C5(C(N)=O)CC5)c5ccc(F)cc5)cc4F)c3s2)nc1.O=C(O)C[C@H](O)C(=O)O. The molecule has 0 saturated heterocycles. The Hall–Kier alpha value is -5.88. The molecule has 0 aliphatic heterocycles. The summed E-state index contributed by atoms with van der Waals surface area (Å²) in [5.74, 6) is -5.11. The van der Waals surface area contributed by atoms with Crippen LogP contribution in [0.3, 0.4) is 0 Å². The summed E-state index contributed by atoms with van der Waals surface area (Å²) in [6.07, 6.45) is 1.42. The monoisotopic (exact) mass is 763 g/mol. The minimum atomic E-state index is -1.79. The molecule has 282 valence electrons. The Balaban J connectivity index is 0.000000554. The minimum absolute atomic E-state index is 0.0767. The molecule has 5 aromatic rings. The van der Waals surface area contributed by atoms with Crippen LogP contribution in [0.25, 0.3) is 20.8 Å². The number of ether oxygens (including phenoxy) is 2. The third kappa shape index (κ3) is 9.37. The third-order valence-corrected chi connectivity index (χ3v) is 9.39. The summed E-state index contributed by atoms with van der Waals surface area (Å²) >= 11 is 1.42. The van der Waals surface area contributed by atoms with E-state index in [2.05, 4.69) is 15.3 Å². The molecule has 3 heterocycles. The van der Waals surface area contributed by atoms with Gasteiger partial charge in [0.15, 0.2) is 17.7 Å². The maximum Gasteiger partial charge on any atom is 0.333 e. The standard InChI is InChI=1S/C33H29F2N5O4S.C4H6O5/c1-43-15-14-37-18-20-2-8-25(39-19-20)29-17-26-30(45-29)28(10-13-38-26)44-27-9-7-23(16-24(27)35)40(22-5-3-21(34)4-6-22)32(42)33(11-12-33)31(36)41;5-2(4(8)9)1-3(6)7/h2-10,13,16-17,19,37H,11-12,14-15,18H2,1H3,(H2,36,41);2,5H,1H2,(H,6,7)(H,8,9)/t;2-/m.0/s1. The van der Waals surface area contributed by atoms with Gasteiger partial charge >= 0.3 is 11.9 Å². The highest BCUT2D eigenvalue weighted by atomic mass is 32.1. The molecule has 0 unspecified atom stereocenters. The smallest absolute Gasteiger partial charge is 0.333 e. The number of halogens is 2. The molecule has 6 N–H and O–H groups in total. The van der Waals surface area contributed by atoms with Gasteiger partial charge in [-0.25, -0.2) is 13.6 Å². The molecule has 1 aliphatic carbocycles. The third-order valence-electron chi connectivity index (χ3n) is 8.23. The molecule has 1 saturated carbocycles. The molecule has 0 spiro atoms. The summed E-state index contributed by atoms with van der Waals surface area (Å²) in [5, 5.41) is 27.4. The predicted octanol–water partition coefficient (Wildman–Crippen LogP) is 5.00. The molecule has 17 heteroatoms. The van der Waals surface area contributed by atoms with Gasteiger partial charge in [-0.1, -0.05) is 6.07 Å². The first-order valence-corrected chi connectivity index (χ1v) is 17.2. The van der Waals surface area contributed by atoms with E-state index in [0.29, 0.717) is 29.1 Å². The zero-order valence-electron chi connectivity index (χ0n) is 28.7. The van der Waals surface area contributed by atoms with Gasteiger partial charge in [-0.3, -0.25) is 29.3 Å². The zero-order valence-corrected chi connectivity index (χ0v) is 29.5. The summed E-state index contributed by atoms with van der Waals surface area (Å²) < 4.78 is 41.1. The number of thiophene rings is 1. The van der Waals surface area contributed by atoms with E-state index >= 15 is 4.39 Å². The number of aromatic nitrogens is 2. The summed E-state index contributed by atoms with van der Waals surface area (Å²) in [6, 6.07) is 16.7. The summed E-state index contributed by atoms with van der Waals surface area (Å²) in [4.78, 5) is 56.2. The number of carboxylic acids is 2. The van der Waals surface area contributed by atoms with Crippen molar-refractivity contribution in [3.63, 3.8) is 0 Å². The number of pyridine rings is 2. The van der Waals surface area contributed by atoms with Gasteiger partial charge in [0.2, 0.25) is 11.8 Å². The Labute approximate surface area is 310 Å². The number of hydrogen-bond acceptors (Lipinski definition) is 11. The molecular formula is C37H35F2N5O9S. The number of carboxylic acid groups (broad SMARTS) is 2. The number of methoxy groups -OCH3 is 1. The predicted molar refractivity (Wildman–Crippen MR) is 193 cm³/mol. The lowest BCUT2D eigenvalue weighted by Gasteiger charge is -2.26. The number of nitrogens with one attached hydrogen (secondary N) is 1. The van der Waals surface area contributed by atoms with Gasteiger partial charge in [-0.15, -0.1) is 11.3 Å². The lowest BCUT2D eigenvalue weighted by molar-refractivity contribution is -0.152. The minimum Gasteiger partial charge on any atom is -0.481 e. The number of nitrogens with zero attached hydrogens (tertiary/aromatic N) is 3. The van der Waals surface area contributed by atoms with Crippen LogP contribution in [0.15, 0.2) is 79.1 Å². The number of rotatable bonds is 15. The van der Waals surface area contributed by atoms with Crippen molar-refractivity contribution in [2.45, 2.75) is 31.9 Å². The summed E-state index contributed by atoms with van der Waals surface area (Å²) in [6.45, 7) is 2.05. The van der Waals surface area contributed by atoms with Gasteiger partial charge in [-0.05, 0) is 66.9 Å². The van der Waals surface area contributed by atoms with Crippen LogP contribution >= 0.6 is 11.3 Å². The van der Waals surface area contributed by atoms with E-state index in [9.17, 15) is 23.6 Å². The first-order chi connectivity index (χ1) is 25.8. The van der Waals surface area contributed by atoms with Gasteiger partial charge in [0.1, 0.15) is 17.0 Å². The number of carbonyl (C=O) groups is 4. The number of fused-ring (bicyclic) bond motifs is 1. The maximum absolute atomic E-state index is 15.6. The number of primary amides is 1. The molecule has 2 amide bonds. The van der Waals surface area contributed by atoms with Crippen LogP contribution in [0, 0.1) is 17.0 Å². The highest BCUT2D eigenvalue weighted by Crippen LogP contribution is 2.49. The topological polar surface area (TPSA) is 214 Å². The quantitative estimate of drug-likeness (QED) is 0.0704. The number of nitrogens with two attached hydrogens (primary N) is 1. The lowest BCUT2D eigenvalue weighted by Crippen LogP contribution is -2.41. The molecule has 0 bridgehead atoms. The lowest BCUT2D eigenvalue weighted by atomic mass is 10.0. The molecular weight excluding hydrogens is 728 g/mol. The van der Waals surface area contributed by atoms with Crippen LogP contribution in [-0.2, 0) is 30.5 Å². The van der Waals surface area contributed by atoms with E-state index in [1.807, 2.05) is 24.4 Å². The Morgan fingerprint density at radius 2 is 1.70 bits per heavy atom. The van der Waals surface area contributed by atoms with Gasteiger partial charge in [0, 0.05) is 50.4 Å². The van der Waals surface area contributed by atoms with E-state index < -0.39 is 53.3 Å². The fraction of sp³-hybridized carbons (Fsp3) is 0.243. The number of aliphatic hydroxyl groups excluding tert-OH is 1. The Kier molecular flexibility index (Phi) is 12.6. The van der Waals surface area contributed by atoms with Crippen LogP contribution in [0.2, 0.25) is 0 Å². The van der Waals surface area contributed by atoms with E-state index in [-0.39, 0.29) is 30.0 Å². The van der Waals surface area contributed by atoms with E-state index in [1.54, 1.807) is 19.4 Å². The maximum atomic E-state index is 15.6. The molecule has 6 rings (SSSR count). The van der Waals surface area contributed by atoms with Crippen molar-refractivity contribution in [3.05, 3.63) is 96.3 Å². The number of carbonyl (C=O) groups excluding carboxylic acids is 2. The van der Waals surface area contributed by atoms with Crippen molar-refractivity contribution < 1.29 is 52.8 Å². The molecule has 54 heavy (non-hydrogen) atoms. The second kappa shape index (κ2) is 17.3. The van der Waals surface area contributed by atoms with Crippen LogP contribution in [0.5, 0.6) is 11.5 Å². The molecule has 2 aromatic carbocycles. The van der Waals surface area contributed by atoms with Gasteiger partial charge in [0.05, 0.1) is 39.5 Å². The van der Waals surface area contributed by atoms with Crippen molar-refractivity contribution in [1.82, 2.24) is 15.3 Å². The number of anilines is 2. The van der Waals surface area contributed by atoms with E-state index in [0.717, 1.165) is 28.7 Å². The Morgan fingerprint density at radius 3 is 2.28 bits per heavy atom. The van der Waals surface area contributed by atoms with Gasteiger partial charge < -0.3 is 35.8 Å². The van der Waals surface area contributed by atoms with Crippen molar-refractivity contribution >= 4 is 56.7 Å². The van der Waals surface area contributed by atoms with Crippen LogP contribution in [0.4, 0.5) is 20.2 Å². The molecule has 14 nitrogen and oxygen atoms in total. The summed E-state index contributed by atoms with van der Waals surface area (Å²) in [7, 11) is 1.66. The second-order valence-corrected chi connectivity index (χ2v) is 13.1. The number of amides is 2.